The zero-order valence-corrected chi connectivity index (χ0v) is 16.3. The number of para-hydroxylation sites is 1. The van der Waals surface area contributed by atoms with Crippen LogP contribution in [0.3, 0.4) is 0 Å². The minimum absolute atomic E-state index is 0.115. The molecular formula is C24H24N2O3. The average Bonchev–Trinajstić information content (AvgIpc) is 2.76. The minimum atomic E-state index is -0.446. The predicted octanol–water partition coefficient (Wildman–Crippen LogP) is 4.33. The molecule has 29 heavy (non-hydrogen) atoms. The molecule has 0 heterocycles. The van der Waals surface area contributed by atoms with Gasteiger partial charge >= 0.3 is 0 Å². The van der Waals surface area contributed by atoms with Crippen molar-refractivity contribution in [2.45, 2.75) is 19.1 Å². The molecule has 0 aliphatic rings. The van der Waals surface area contributed by atoms with Gasteiger partial charge in [-0.25, -0.2) is 0 Å². The highest BCUT2D eigenvalue weighted by atomic mass is 16.5. The first-order valence-electron chi connectivity index (χ1n) is 9.45. The fraction of sp³-hybridized carbons (Fsp3) is 0.167. The van der Waals surface area contributed by atoms with Crippen molar-refractivity contribution in [3.05, 3.63) is 102 Å². The number of anilines is 1. The Kier molecular flexibility index (Phi) is 7.14. The van der Waals surface area contributed by atoms with Gasteiger partial charge in [0.25, 0.3) is 5.91 Å². The van der Waals surface area contributed by atoms with E-state index in [0.717, 1.165) is 11.1 Å². The van der Waals surface area contributed by atoms with Crippen LogP contribution < -0.4 is 10.6 Å². The molecule has 1 atom stereocenters. The maximum absolute atomic E-state index is 12.8. The molecule has 1 unspecified atom stereocenters. The second-order valence-electron chi connectivity index (χ2n) is 6.65. The van der Waals surface area contributed by atoms with Crippen molar-refractivity contribution in [2.24, 2.45) is 0 Å². The number of carbonyl (C=O) groups is 2. The smallest absolute Gasteiger partial charge is 0.251 e. The number of hydrogen-bond acceptors (Lipinski definition) is 3. The molecule has 0 aromatic heterocycles. The molecule has 0 saturated carbocycles. The van der Waals surface area contributed by atoms with Crippen molar-refractivity contribution in [1.82, 2.24) is 5.32 Å². The first-order valence-corrected chi connectivity index (χ1v) is 9.45. The van der Waals surface area contributed by atoms with Crippen molar-refractivity contribution < 1.29 is 14.3 Å². The minimum Gasteiger partial charge on any atom is -0.380 e. The van der Waals surface area contributed by atoms with Crippen LogP contribution in [0.1, 0.15) is 33.9 Å². The highest BCUT2D eigenvalue weighted by Gasteiger charge is 2.19. The van der Waals surface area contributed by atoms with Crippen molar-refractivity contribution in [2.75, 3.05) is 12.4 Å². The maximum atomic E-state index is 12.8. The summed E-state index contributed by atoms with van der Waals surface area (Å²) in [5.74, 6) is -0.400. The largest absolute Gasteiger partial charge is 0.380 e. The van der Waals surface area contributed by atoms with Crippen LogP contribution >= 0.6 is 0 Å². The van der Waals surface area contributed by atoms with E-state index in [1.54, 1.807) is 19.2 Å². The molecule has 0 aliphatic heterocycles. The van der Waals surface area contributed by atoms with E-state index >= 15 is 0 Å². The van der Waals surface area contributed by atoms with Crippen molar-refractivity contribution >= 4 is 17.5 Å². The van der Waals surface area contributed by atoms with Gasteiger partial charge < -0.3 is 15.4 Å². The Balaban J connectivity index is 1.75. The second kappa shape index (κ2) is 10.2. The molecule has 0 spiro atoms. The molecule has 5 nitrogen and oxygen atoms in total. The molecule has 0 radical (unpaired) electrons. The third kappa shape index (κ3) is 5.77. The van der Waals surface area contributed by atoms with Gasteiger partial charge in [-0.05, 0) is 23.8 Å². The van der Waals surface area contributed by atoms with Crippen LogP contribution in [-0.4, -0.2) is 18.9 Å². The lowest BCUT2D eigenvalue weighted by atomic mass is 10.0. The highest BCUT2D eigenvalue weighted by molar-refractivity contribution is 5.96. The average molecular weight is 388 g/mol. The summed E-state index contributed by atoms with van der Waals surface area (Å²) in [6.07, 6.45) is 0.115. The Hall–Kier alpha value is -3.44. The van der Waals surface area contributed by atoms with Crippen molar-refractivity contribution in [3.63, 3.8) is 0 Å². The van der Waals surface area contributed by atoms with Gasteiger partial charge in [0.05, 0.1) is 19.1 Å². The molecule has 0 fully saturated rings. The van der Waals surface area contributed by atoms with Crippen LogP contribution in [0.5, 0.6) is 0 Å². The third-order valence-electron chi connectivity index (χ3n) is 4.52. The maximum Gasteiger partial charge on any atom is 0.251 e. The normalized spacial score (nSPS) is 11.5. The Morgan fingerprint density at radius 3 is 2.17 bits per heavy atom. The fourth-order valence-electron chi connectivity index (χ4n) is 3.08. The number of hydrogen-bond donors (Lipinski definition) is 2. The van der Waals surface area contributed by atoms with Gasteiger partial charge in [0, 0.05) is 23.9 Å². The Morgan fingerprint density at radius 1 is 0.862 bits per heavy atom. The van der Waals surface area contributed by atoms with Gasteiger partial charge in [0.1, 0.15) is 0 Å². The summed E-state index contributed by atoms with van der Waals surface area (Å²) in [6, 6.07) is 25.5. The standard InChI is InChI=1S/C24H24N2O3/c1-29-17-20-14-8-9-15-21(20)25-23(27)16-22(18-10-4-2-5-11-18)26-24(28)19-12-6-3-7-13-19/h2-15,22H,16-17H2,1H3,(H,25,27)(H,26,28). The molecule has 0 saturated heterocycles. The summed E-state index contributed by atoms with van der Waals surface area (Å²) >= 11 is 0. The molecule has 148 valence electrons. The van der Waals surface area contributed by atoms with E-state index in [1.165, 1.54) is 0 Å². The van der Waals surface area contributed by atoms with E-state index in [2.05, 4.69) is 10.6 Å². The van der Waals surface area contributed by atoms with Crippen LogP contribution in [-0.2, 0) is 16.1 Å². The number of methoxy groups -OCH3 is 1. The number of benzene rings is 3. The van der Waals surface area contributed by atoms with Gasteiger partial charge in [0.15, 0.2) is 0 Å². The number of carbonyl (C=O) groups excluding carboxylic acids is 2. The summed E-state index contributed by atoms with van der Waals surface area (Å²) in [6.45, 7) is 0.406. The van der Waals surface area contributed by atoms with Crippen molar-refractivity contribution in [1.29, 1.82) is 0 Å². The third-order valence-corrected chi connectivity index (χ3v) is 4.52. The number of nitrogens with one attached hydrogen (secondary N) is 2. The zero-order valence-electron chi connectivity index (χ0n) is 16.3. The van der Waals surface area contributed by atoms with E-state index in [9.17, 15) is 9.59 Å². The lowest BCUT2D eigenvalue weighted by molar-refractivity contribution is -0.116. The lowest BCUT2D eigenvalue weighted by Gasteiger charge is -2.20. The first-order chi connectivity index (χ1) is 14.2. The van der Waals surface area contributed by atoms with E-state index in [0.29, 0.717) is 17.9 Å². The van der Waals surface area contributed by atoms with E-state index in [1.807, 2.05) is 72.8 Å². The van der Waals surface area contributed by atoms with Crippen LogP contribution in [0.4, 0.5) is 5.69 Å². The number of rotatable bonds is 8. The molecule has 2 N–H and O–H groups in total. The first kappa shape index (κ1) is 20.3. The Labute approximate surface area is 170 Å². The Bertz CT molecular complexity index is 943. The summed E-state index contributed by atoms with van der Waals surface area (Å²) in [5, 5.41) is 5.92. The fourth-order valence-corrected chi connectivity index (χ4v) is 3.08. The summed E-state index contributed by atoms with van der Waals surface area (Å²) in [4.78, 5) is 25.4. The molecule has 3 aromatic carbocycles. The van der Waals surface area contributed by atoms with Crippen LogP contribution in [0.2, 0.25) is 0 Å². The Morgan fingerprint density at radius 2 is 1.48 bits per heavy atom. The van der Waals surface area contributed by atoms with Gasteiger partial charge in [-0.15, -0.1) is 0 Å². The summed E-state index contributed by atoms with van der Waals surface area (Å²) in [5.41, 5.74) is 3.03. The van der Waals surface area contributed by atoms with Gasteiger partial charge in [-0.2, -0.15) is 0 Å². The lowest BCUT2D eigenvalue weighted by Crippen LogP contribution is -2.31. The van der Waals surface area contributed by atoms with Crippen LogP contribution in [0, 0.1) is 0 Å². The summed E-state index contributed by atoms with van der Waals surface area (Å²) in [7, 11) is 1.61. The van der Waals surface area contributed by atoms with E-state index in [-0.39, 0.29) is 18.2 Å². The van der Waals surface area contributed by atoms with Crippen LogP contribution in [0.15, 0.2) is 84.9 Å². The molecule has 0 bridgehead atoms. The van der Waals surface area contributed by atoms with Gasteiger partial charge in [-0.1, -0.05) is 66.7 Å². The predicted molar refractivity (Wildman–Crippen MR) is 113 cm³/mol. The number of ether oxygens (including phenoxy) is 1. The van der Waals surface area contributed by atoms with Gasteiger partial charge in [0.2, 0.25) is 5.91 Å². The monoisotopic (exact) mass is 388 g/mol. The summed E-state index contributed by atoms with van der Waals surface area (Å²) < 4.78 is 5.19. The van der Waals surface area contributed by atoms with Crippen LogP contribution in [0.25, 0.3) is 0 Å². The highest BCUT2D eigenvalue weighted by Crippen LogP contribution is 2.21. The SMILES string of the molecule is COCc1ccccc1NC(=O)CC(NC(=O)c1ccccc1)c1ccccc1. The number of amides is 2. The zero-order chi connectivity index (χ0) is 20.5. The molecule has 3 rings (SSSR count). The van der Waals surface area contributed by atoms with E-state index < -0.39 is 6.04 Å². The quantitative estimate of drug-likeness (QED) is 0.603. The van der Waals surface area contributed by atoms with Gasteiger partial charge in [-0.3, -0.25) is 9.59 Å². The molecule has 0 aliphatic carbocycles. The molecular weight excluding hydrogens is 364 g/mol. The van der Waals surface area contributed by atoms with E-state index in [4.69, 9.17) is 4.74 Å². The molecule has 5 heteroatoms. The molecule has 2 amide bonds. The second-order valence-corrected chi connectivity index (χ2v) is 6.65. The molecule has 3 aromatic rings. The van der Waals surface area contributed by atoms with Crippen molar-refractivity contribution in [3.8, 4) is 0 Å². The topological polar surface area (TPSA) is 67.4 Å².